The number of benzene rings is 1. The summed E-state index contributed by atoms with van der Waals surface area (Å²) >= 11 is 1.40. The van der Waals surface area contributed by atoms with Gasteiger partial charge in [-0.1, -0.05) is 49.3 Å². The van der Waals surface area contributed by atoms with E-state index >= 15 is 0 Å². The second-order valence-electron chi connectivity index (χ2n) is 8.62. The quantitative estimate of drug-likeness (QED) is 0.847. The van der Waals surface area contributed by atoms with Crippen LogP contribution in [0.1, 0.15) is 60.1 Å². The summed E-state index contributed by atoms with van der Waals surface area (Å²) in [7, 11) is 0. The van der Waals surface area contributed by atoms with E-state index in [1.165, 1.54) is 11.3 Å². The Hall–Kier alpha value is -2.28. The Balaban J connectivity index is 1.66. The van der Waals surface area contributed by atoms with Crippen molar-refractivity contribution in [3.63, 3.8) is 0 Å². The molecule has 1 aromatic heterocycles. The van der Waals surface area contributed by atoms with Crippen molar-refractivity contribution >= 4 is 28.3 Å². The first-order valence-corrected chi connectivity index (χ1v) is 10.5. The second-order valence-corrected chi connectivity index (χ2v) is 9.60. The van der Waals surface area contributed by atoms with E-state index in [0.717, 1.165) is 29.0 Å². The zero-order valence-electron chi connectivity index (χ0n) is 17.2. The number of nitrogens with one attached hydrogen (secondary N) is 1. The Morgan fingerprint density at radius 2 is 1.82 bits per heavy atom. The van der Waals surface area contributed by atoms with E-state index in [2.05, 4.69) is 42.4 Å². The molecule has 1 atom stereocenters. The topological polar surface area (TPSA) is 75.2 Å². The van der Waals surface area contributed by atoms with Gasteiger partial charge in [0.2, 0.25) is 11.0 Å². The molecule has 0 aliphatic carbocycles. The summed E-state index contributed by atoms with van der Waals surface area (Å²) in [5.74, 6) is -0.324. The van der Waals surface area contributed by atoms with E-state index in [4.69, 9.17) is 0 Å². The number of rotatable bonds is 3. The van der Waals surface area contributed by atoms with Gasteiger partial charge in [-0.3, -0.25) is 9.59 Å². The summed E-state index contributed by atoms with van der Waals surface area (Å²) in [4.78, 5) is 27.4. The van der Waals surface area contributed by atoms with E-state index in [0.29, 0.717) is 23.8 Å². The summed E-state index contributed by atoms with van der Waals surface area (Å²) in [6.45, 7) is 11.3. The minimum absolute atomic E-state index is 0.00441. The Bertz CT molecular complexity index is 865. The van der Waals surface area contributed by atoms with Crippen LogP contribution in [0.4, 0.5) is 5.13 Å². The van der Waals surface area contributed by atoms with Crippen molar-refractivity contribution in [2.45, 2.75) is 52.9 Å². The van der Waals surface area contributed by atoms with Gasteiger partial charge in [0.25, 0.3) is 5.91 Å². The van der Waals surface area contributed by atoms with Gasteiger partial charge >= 0.3 is 0 Å². The first kappa shape index (κ1) is 20.5. The molecule has 2 heterocycles. The van der Waals surface area contributed by atoms with Crippen molar-refractivity contribution in [1.82, 2.24) is 15.1 Å². The minimum Gasteiger partial charge on any atom is -0.338 e. The maximum atomic E-state index is 12.9. The van der Waals surface area contributed by atoms with Crippen molar-refractivity contribution in [3.8, 4) is 0 Å². The minimum atomic E-state index is -0.231. The fourth-order valence-corrected chi connectivity index (χ4v) is 4.24. The molecule has 28 heavy (non-hydrogen) atoms. The van der Waals surface area contributed by atoms with E-state index in [-0.39, 0.29) is 23.1 Å². The van der Waals surface area contributed by atoms with E-state index in [1.54, 1.807) is 4.90 Å². The molecule has 6 nitrogen and oxygen atoms in total. The molecule has 1 N–H and O–H groups in total. The second kappa shape index (κ2) is 7.99. The molecule has 150 valence electrons. The molecule has 0 spiro atoms. The molecule has 3 rings (SSSR count). The SMILES string of the molecule is Cc1cc(C)cc(C(=O)N2CCCC(C(=O)Nc3nnc(C(C)(C)C)s3)C2)c1. The number of piperidine rings is 1. The van der Waals surface area contributed by atoms with E-state index in [1.807, 2.05) is 26.0 Å². The first-order valence-electron chi connectivity index (χ1n) is 9.66. The molecule has 1 fully saturated rings. The van der Waals surface area contributed by atoms with Gasteiger partial charge in [-0.25, -0.2) is 0 Å². The van der Waals surface area contributed by atoms with Crippen molar-refractivity contribution in [2.75, 3.05) is 18.4 Å². The molecule has 0 bridgehead atoms. The lowest BCUT2D eigenvalue weighted by atomic mass is 9.96. The highest BCUT2D eigenvalue weighted by atomic mass is 32.1. The fraction of sp³-hybridized carbons (Fsp3) is 0.524. The number of hydrogen-bond acceptors (Lipinski definition) is 5. The van der Waals surface area contributed by atoms with Gasteiger partial charge in [-0.05, 0) is 38.8 Å². The van der Waals surface area contributed by atoms with Gasteiger partial charge in [-0.2, -0.15) is 0 Å². The Kier molecular flexibility index (Phi) is 5.84. The van der Waals surface area contributed by atoms with Crippen LogP contribution >= 0.6 is 11.3 Å². The molecule has 7 heteroatoms. The highest BCUT2D eigenvalue weighted by Gasteiger charge is 2.30. The van der Waals surface area contributed by atoms with Crippen LogP contribution in [0, 0.1) is 19.8 Å². The highest BCUT2D eigenvalue weighted by molar-refractivity contribution is 7.15. The van der Waals surface area contributed by atoms with Crippen molar-refractivity contribution in [3.05, 3.63) is 39.9 Å². The summed E-state index contributed by atoms with van der Waals surface area (Å²) in [5, 5.41) is 12.6. The van der Waals surface area contributed by atoms with Gasteiger partial charge in [0.05, 0.1) is 5.92 Å². The summed E-state index contributed by atoms with van der Waals surface area (Å²) in [6, 6.07) is 5.87. The summed E-state index contributed by atoms with van der Waals surface area (Å²) < 4.78 is 0. The number of nitrogens with zero attached hydrogens (tertiary/aromatic N) is 3. The zero-order chi connectivity index (χ0) is 20.5. The Labute approximate surface area is 170 Å². The van der Waals surface area contributed by atoms with Crippen LogP contribution < -0.4 is 5.32 Å². The van der Waals surface area contributed by atoms with E-state index < -0.39 is 0 Å². The summed E-state index contributed by atoms with van der Waals surface area (Å²) in [6.07, 6.45) is 1.59. The molecule has 0 radical (unpaired) electrons. The molecule has 1 aromatic carbocycles. The third kappa shape index (κ3) is 4.76. The average molecular weight is 401 g/mol. The third-order valence-corrected chi connectivity index (χ3v) is 6.11. The predicted molar refractivity (Wildman–Crippen MR) is 112 cm³/mol. The maximum Gasteiger partial charge on any atom is 0.253 e. The Morgan fingerprint density at radius 1 is 1.14 bits per heavy atom. The molecule has 1 unspecified atom stereocenters. The van der Waals surface area contributed by atoms with Gasteiger partial charge in [0.15, 0.2) is 0 Å². The number of aryl methyl sites for hydroxylation is 2. The van der Waals surface area contributed by atoms with Gasteiger partial charge in [0, 0.05) is 24.1 Å². The van der Waals surface area contributed by atoms with Gasteiger partial charge in [0.1, 0.15) is 5.01 Å². The van der Waals surface area contributed by atoms with Crippen LogP contribution in [-0.4, -0.2) is 40.0 Å². The van der Waals surface area contributed by atoms with Crippen LogP contribution in [0.15, 0.2) is 18.2 Å². The largest absolute Gasteiger partial charge is 0.338 e. The number of aromatic nitrogens is 2. The molecule has 1 aliphatic rings. The standard InChI is InChI=1S/C21H28N4O2S/c1-13-9-14(2)11-16(10-13)18(27)25-8-6-7-15(12-25)17(26)22-20-24-23-19(28-20)21(3,4)5/h9-11,15H,6-8,12H2,1-5H3,(H,22,24,26). The lowest BCUT2D eigenvalue weighted by Gasteiger charge is -2.32. The lowest BCUT2D eigenvalue weighted by Crippen LogP contribution is -2.43. The van der Waals surface area contributed by atoms with Crippen LogP contribution in [0.5, 0.6) is 0 Å². The fourth-order valence-electron chi connectivity index (χ4n) is 3.44. The Morgan fingerprint density at radius 3 is 2.43 bits per heavy atom. The predicted octanol–water partition coefficient (Wildman–Crippen LogP) is 3.94. The van der Waals surface area contributed by atoms with Crippen molar-refractivity contribution < 1.29 is 9.59 Å². The van der Waals surface area contributed by atoms with Crippen LogP contribution in [0.25, 0.3) is 0 Å². The number of hydrogen-bond donors (Lipinski definition) is 1. The molecule has 1 aliphatic heterocycles. The molecule has 1 saturated heterocycles. The highest BCUT2D eigenvalue weighted by Crippen LogP contribution is 2.28. The molecule has 2 aromatic rings. The number of carbonyl (C=O) groups excluding carboxylic acids is 2. The van der Waals surface area contributed by atoms with Crippen LogP contribution in [0.2, 0.25) is 0 Å². The monoisotopic (exact) mass is 400 g/mol. The number of amides is 2. The molecule has 2 amide bonds. The zero-order valence-corrected chi connectivity index (χ0v) is 18.0. The third-order valence-electron chi connectivity index (χ3n) is 4.84. The first-order chi connectivity index (χ1) is 13.1. The van der Waals surface area contributed by atoms with E-state index in [9.17, 15) is 9.59 Å². The van der Waals surface area contributed by atoms with Crippen molar-refractivity contribution in [2.24, 2.45) is 5.92 Å². The lowest BCUT2D eigenvalue weighted by molar-refractivity contribution is -0.121. The van der Waals surface area contributed by atoms with Crippen molar-refractivity contribution in [1.29, 1.82) is 0 Å². The molecule has 0 saturated carbocycles. The van der Waals surface area contributed by atoms with Gasteiger partial charge < -0.3 is 10.2 Å². The van der Waals surface area contributed by atoms with Crippen LogP contribution in [-0.2, 0) is 10.2 Å². The summed E-state index contributed by atoms with van der Waals surface area (Å²) in [5.41, 5.74) is 2.74. The van der Waals surface area contributed by atoms with Crippen LogP contribution in [0.3, 0.4) is 0 Å². The number of anilines is 1. The smallest absolute Gasteiger partial charge is 0.253 e. The average Bonchev–Trinajstić information content (AvgIpc) is 3.09. The number of carbonyl (C=O) groups is 2. The van der Waals surface area contributed by atoms with Gasteiger partial charge in [-0.15, -0.1) is 10.2 Å². The normalized spacial score (nSPS) is 17.5. The maximum absolute atomic E-state index is 12.9. The number of likely N-dealkylation sites (tertiary alicyclic amines) is 1. The molecular weight excluding hydrogens is 372 g/mol. The molecular formula is C21H28N4O2S.